The molecule has 3 saturated heterocycles. The SMILES string of the molecule is CC/C=C(\N=C/[C@@H](Cc1c(C#N)cnn1CC)OCC(C)=O)N1CC2CC(C1)N2Cc1ccc(OC)nc1. The monoisotopic (exact) mass is 519 g/mol. The van der Waals surface area contributed by atoms with E-state index >= 15 is 0 Å². The molecule has 3 aliphatic heterocycles. The number of ether oxygens (including phenoxy) is 2. The third-order valence-corrected chi connectivity index (χ3v) is 7.06. The maximum Gasteiger partial charge on any atom is 0.212 e. The second-order valence-corrected chi connectivity index (χ2v) is 9.77. The number of methoxy groups -OCH3 is 1. The summed E-state index contributed by atoms with van der Waals surface area (Å²) in [4.78, 5) is 25.7. The number of carbonyl (C=O) groups is 1. The minimum absolute atomic E-state index is 0.00526. The lowest BCUT2D eigenvalue weighted by Gasteiger charge is -2.57. The van der Waals surface area contributed by atoms with Crippen molar-refractivity contribution >= 4 is 12.0 Å². The van der Waals surface area contributed by atoms with Gasteiger partial charge in [0.15, 0.2) is 5.78 Å². The van der Waals surface area contributed by atoms with Crippen LogP contribution in [0, 0.1) is 11.3 Å². The fourth-order valence-corrected chi connectivity index (χ4v) is 5.14. The van der Waals surface area contributed by atoms with Crippen molar-refractivity contribution in [2.45, 2.75) is 71.3 Å². The first-order chi connectivity index (χ1) is 18.4. The third kappa shape index (κ3) is 6.47. The number of aromatic nitrogens is 3. The van der Waals surface area contributed by atoms with Crippen molar-refractivity contribution < 1.29 is 14.3 Å². The number of nitriles is 1. The van der Waals surface area contributed by atoms with Crippen LogP contribution < -0.4 is 4.74 Å². The van der Waals surface area contributed by atoms with Gasteiger partial charge in [0, 0.05) is 63.2 Å². The summed E-state index contributed by atoms with van der Waals surface area (Å²) in [6, 6.07) is 7.13. The van der Waals surface area contributed by atoms with Crippen LogP contribution in [0.3, 0.4) is 0 Å². The summed E-state index contributed by atoms with van der Waals surface area (Å²) >= 11 is 0. The molecule has 3 aliphatic rings. The van der Waals surface area contributed by atoms with Gasteiger partial charge < -0.3 is 14.4 Å². The molecule has 0 aromatic carbocycles. The molecule has 5 heterocycles. The lowest BCUT2D eigenvalue weighted by Crippen LogP contribution is -2.67. The predicted molar refractivity (Wildman–Crippen MR) is 144 cm³/mol. The zero-order valence-corrected chi connectivity index (χ0v) is 22.7. The van der Waals surface area contributed by atoms with E-state index in [1.54, 1.807) is 24.2 Å². The number of Topliss-reactive ketones (excluding diaryl/α,β-unsaturated/α-hetero) is 1. The standard InChI is InChI=1S/C28H37N7O3/c1-5-7-27(30-15-25(38-19-20(3)36)11-26-22(12-29)14-32-35(26)6-2)33-17-23-10-24(18-33)34(23)16-21-8-9-28(37-4)31-13-21/h7-9,13-15,23-25H,5-6,10-11,16-19H2,1-4H3/b27-7+,30-15-/t23?,24?,25-/m1/s1. The Balaban J connectivity index is 1.43. The molecule has 0 saturated carbocycles. The van der Waals surface area contributed by atoms with Crippen LogP contribution in [0.1, 0.15) is 50.4 Å². The summed E-state index contributed by atoms with van der Waals surface area (Å²) < 4.78 is 12.9. The van der Waals surface area contributed by atoms with E-state index in [1.165, 1.54) is 18.9 Å². The van der Waals surface area contributed by atoms with Crippen LogP contribution in [0.5, 0.6) is 5.88 Å². The predicted octanol–water partition coefficient (Wildman–Crippen LogP) is 2.98. The number of allylic oxidation sites excluding steroid dienone is 1. The van der Waals surface area contributed by atoms with Gasteiger partial charge in [0.1, 0.15) is 18.5 Å². The van der Waals surface area contributed by atoms with Crippen LogP contribution >= 0.6 is 0 Å². The van der Waals surface area contributed by atoms with E-state index in [0.717, 1.165) is 37.6 Å². The van der Waals surface area contributed by atoms with E-state index in [4.69, 9.17) is 14.5 Å². The average Bonchev–Trinajstić information content (AvgIpc) is 3.34. The largest absolute Gasteiger partial charge is 0.481 e. The van der Waals surface area contributed by atoms with E-state index in [2.05, 4.69) is 45.0 Å². The zero-order chi connectivity index (χ0) is 27.1. The summed E-state index contributed by atoms with van der Waals surface area (Å²) in [5.74, 6) is 1.50. The summed E-state index contributed by atoms with van der Waals surface area (Å²) in [5, 5.41) is 13.8. The number of rotatable bonds is 13. The molecular formula is C28H37N7O3. The summed E-state index contributed by atoms with van der Waals surface area (Å²) in [6.07, 6.45) is 9.39. The molecule has 0 N–H and O–H groups in total. The first-order valence-electron chi connectivity index (χ1n) is 13.2. The number of fused-ring (bicyclic) bond motifs is 2. The second-order valence-electron chi connectivity index (χ2n) is 9.77. The second kappa shape index (κ2) is 12.8. The van der Waals surface area contributed by atoms with Crippen LogP contribution in [0.15, 0.2) is 41.4 Å². The zero-order valence-electron chi connectivity index (χ0n) is 22.7. The molecule has 10 nitrogen and oxygen atoms in total. The van der Waals surface area contributed by atoms with Crippen molar-refractivity contribution in [3.05, 3.63) is 53.2 Å². The number of ketones is 1. The van der Waals surface area contributed by atoms with E-state index in [9.17, 15) is 10.1 Å². The van der Waals surface area contributed by atoms with Gasteiger partial charge in [-0.15, -0.1) is 0 Å². The molecule has 3 atom stereocenters. The van der Waals surface area contributed by atoms with E-state index in [1.807, 2.05) is 19.2 Å². The number of carbonyl (C=O) groups excluding carboxylic acids is 1. The van der Waals surface area contributed by atoms with Crippen molar-refractivity contribution in [1.82, 2.24) is 24.6 Å². The maximum atomic E-state index is 11.6. The molecule has 10 heteroatoms. The van der Waals surface area contributed by atoms with Gasteiger partial charge in [-0.3, -0.25) is 14.4 Å². The number of hydrogen-bond acceptors (Lipinski definition) is 9. The normalized spacial score (nSPS) is 20.3. The highest BCUT2D eigenvalue weighted by Gasteiger charge is 2.44. The number of hydrogen-bond donors (Lipinski definition) is 0. The molecule has 0 aliphatic carbocycles. The minimum Gasteiger partial charge on any atom is -0.481 e. The molecule has 0 amide bonds. The average molecular weight is 520 g/mol. The maximum absolute atomic E-state index is 11.6. The Morgan fingerprint density at radius 2 is 2.08 bits per heavy atom. The van der Waals surface area contributed by atoms with Crippen LogP contribution in [0.4, 0.5) is 0 Å². The highest BCUT2D eigenvalue weighted by atomic mass is 16.5. The number of aliphatic imine (C=N–C) groups is 1. The van der Waals surface area contributed by atoms with E-state index in [0.29, 0.717) is 36.5 Å². The number of nitrogens with zero attached hydrogens (tertiary/aromatic N) is 7. The van der Waals surface area contributed by atoms with Gasteiger partial charge in [-0.25, -0.2) is 9.98 Å². The molecule has 0 radical (unpaired) electrons. The fraction of sp³-hybridized carbons (Fsp3) is 0.536. The Hall–Kier alpha value is -3.55. The van der Waals surface area contributed by atoms with Gasteiger partial charge >= 0.3 is 0 Å². The summed E-state index contributed by atoms with van der Waals surface area (Å²) in [5.41, 5.74) is 2.49. The Morgan fingerprint density at radius 1 is 1.29 bits per heavy atom. The van der Waals surface area contributed by atoms with Crippen molar-refractivity contribution in [3.8, 4) is 11.9 Å². The van der Waals surface area contributed by atoms with Crippen LogP contribution in [-0.4, -0.2) is 81.6 Å². The highest BCUT2D eigenvalue weighted by molar-refractivity contribution is 5.77. The van der Waals surface area contributed by atoms with Gasteiger partial charge in [0.25, 0.3) is 0 Å². The molecule has 2 aromatic heterocycles. The molecule has 5 rings (SSSR count). The molecule has 2 aromatic rings. The summed E-state index contributed by atoms with van der Waals surface area (Å²) in [6.45, 7) is 8.92. The molecule has 38 heavy (non-hydrogen) atoms. The Morgan fingerprint density at radius 3 is 2.68 bits per heavy atom. The van der Waals surface area contributed by atoms with Gasteiger partial charge in [-0.1, -0.05) is 13.0 Å². The number of piperazine rings is 1. The van der Waals surface area contributed by atoms with Gasteiger partial charge in [-0.05, 0) is 38.3 Å². The van der Waals surface area contributed by atoms with E-state index in [-0.39, 0.29) is 12.4 Å². The van der Waals surface area contributed by atoms with Crippen molar-refractivity contribution in [1.29, 1.82) is 5.26 Å². The van der Waals surface area contributed by atoms with Crippen LogP contribution in [0.25, 0.3) is 0 Å². The molecule has 2 bridgehead atoms. The fourth-order valence-electron chi connectivity index (χ4n) is 5.14. The first-order valence-corrected chi connectivity index (χ1v) is 13.2. The van der Waals surface area contributed by atoms with Crippen LogP contribution in [-0.2, 0) is 29.0 Å². The summed E-state index contributed by atoms with van der Waals surface area (Å²) in [7, 11) is 1.63. The molecule has 2 unspecified atom stereocenters. The minimum atomic E-state index is -0.452. The van der Waals surface area contributed by atoms with Gasteiger partial charge in [0.05, 0.1) is 30.7 Å². The van der Waals surface area contributed by atoms with Crippen molar-refractivity contribution in [2.75, 3.05) is 26.8 Å². The smallest absolute Gasteiger partial charge is 0.212 e. The molecule has 0 spiro atoms. The topological polar surface area (TPSA) is 109 Å². The number of pyridine rings is 1. The lowest BCUT2D eigenvalue weighted by atomic mass is 9.87. The quantitative estimate of drug-likeness (QED) is 0.372. The molecule has 3 fully saturated rings. The third-order valence-electron chi connectivity index (χ3n) is 7.06. The molecule has 202 valence electrons. The van der Waals surface area contributed by atoms with Crippen LogP contribution in [0.2, 0.25) is 0 Å². The number of piperidine rings is 1. The van der Waals surface area contributed by atoms with E-state index < -0.39 is 6.10 Å². The molecular weight excluding hydrogens is 482 g/mol. The Kier molecular flexibility index (Phi) is 9.26. The first kappa shape index (κ1) is 27.5. The van der Waals surface area contributed by atoms with Crippen molar-refractivity contribution in [3.63, 3.8) is 0 Å². The highest BCUT2D eigenvalue weighted by Crippen LogP contribution is 2.35. The van der Waals surface area contributed by atoms with Crippen molar-refractivity contribution in [2.24, 2.45) is 4.99 Å². The lowest BCUT2D eigenvalue weighted by molar-refractivity contribution is -0.122. The Labute approximate surface area is 224 Å². The Bertz CT molecular complexity index is 1190. The van der Waals surface area contributed by atoms with Gasteiger partial charge in [0.2, 0.25) is 5.88 Å². The number of aryl methyl sites for hydroxylation is 1. The van der Waals surface area contributed by atoms with Gasteiger partial charge in [-0.2, -0.15) is 10.4 Å².